The molecule has 2 heterocycles. The first-order chi connectivity index (χ1) is 18.1. The first-order valence-corrected chi connectivity index (χ1v) is 11.2. The molecule has 0 saturated carbocycles. The van der Waals surface area contributed by atoms with Gasteiger partial charge in [0.15, 0.2) is 11.5 Å². The Labute approximate surface area is 214 Å². The highest BCUT2D eigenvalue weighted by molar-refractivity contribution is 6.00. The van der Waals surface area contributed by atoms with E-state index in [1.54, 1.807) is 43.3 Å². The molecule has 0 aliphatic heterocycles. The molecule has 4 rings (SSSR count). The molecule has 38 heavy (non-hydrogen) atoms. The standard InChI is InChI=1S/C25H22F3N7O3/c1-15-11-30-21(13-29-15)33-24(37)32-19-9-8-16(10-20(19)38-2)12-31-23(36)22-18(25(26,27)28)14-35(34-22)17-6-4-3-5-7-17/h3-11,13-14H,12H2,1-2H3,(H,31,36)(H2,30,32,33,37). The number of halogens is 3. The van der Waals surface area contributed by atoms with Gasteiger partial charge in [0.25, 0.3) is 5.91 Å². The van der Waals surface area contributed by atoms with Crippen molar-refractivity contribution in [2.24, 2.45) is 0 Å². The first kappa shape index (κ1) is 26.1. The highest BCUT2D eigenvalue weighted by atomic mass is 19.4. The second-order valence-electron chi connectivity index (χ2n) is 8.01. The zero-order valence-electron chi connectivity index (χ0n) is 20.2. The van der Waals surface area contributed by atoms with Crippen molar-refractivity contribution in [1.82, 2.24) is 25.1 Å². The molecule has 13 heteroatoms. The molecule has 0 saturated heterocycles. The lowest BCUT2D eigenvalue weighted by Crippen LogP contribution is -2.26. The van der Waals surface area contributed by atoms with Crippen LogP contribution in [-0.2, 0) is 12.7 Å². The smallest absolute Gasteiger partial charge is 0.420 e. The lowest BCUT2D eigenvalue weighted by atomic mass is 10.1. The summed E-state index contributed by atoms with van der Waals surface area (Å²) in [6.07, 6.45) is -1.09. The molecule has 0 unspecified atom stereocenters. The average molecular weight is 525 g/mol. The van der Waals surface area contributed by atoms with Gasteiger partial charge < -0.3 is 15.4 Å². The number of benzene rings is 2. The van der Waals surface area contributed by atoms with Crippen molar-refractivity contribution in [2.75, 3.05) is 17.7 Å². The van der Waals surface area contributed by atoms with Crippen molar-refractivity contribution in [2.45, 2.75) is 19.6 Å². The topological polar surface area (TPSA) is 123 Å². The van der Waals surface area contributed by atoms with E-state index in [0.717, 1.165) is 10.9 Å². The third-order valence-corrected chi connectivity index (χ3v) is 5.25. The molecular weight excluding hydrogens is 503 g/mol. The van der Waals surface area contributed by atoms with Gasteiger partial charge in [-0.1, -0.05) is 24.3 Å². The molecule has 3 N–H and O–H groups in total. The van der Waals surface area contributed by atoms with Crippen molar-refractivity contribution >= 4 is 23.4 Å². The Balaban J connectivity index is 1.45. The van der Waals surface area contributed by atoms with E-state index in [1.165, 1.54) is 31.6 Å². The number of carbonyl (C=O) groups is 2. The summed E-state index contributed by atoms with van der Waals surface area (Å²) < 4.78 is 47.1. The number of alkyl halides is 3. The van der Waals surface area contributed by atoms with Gasteiger partial charge in [-0.3, -0.25) is 15.1 Å². The van der Waals surface area contributed by atoms with Crippen molar-refractivity contribution < 1.29 is 27.5 Å². The number of anilines is 2. The fraction of sp³-hybridized carbons (Fsp3) is 0.160. The van der Waals surface area contributed by atoms with E-state index in [9.17, 15) is 22.8 Å². The van der Waals surface area contributed by atoms with Crippen LogP contribution in [0, 0.1) is 6.92 Å². The maximum Gasteiger partial charge on any atom is 0.420 e. The Bertz CT molecular complexity index is 1440. The van der Waals surface area contributed by atoms with Crippen molar-refractivity contribution in [3.63, 3.8) is 0 Å². The van der Waals surface area contributed by atoms with Gasteiger partial charge in [-0.05, 0) is 36.8 Å². The predicted octanol–water partition coefficient (Wildman–Crippen LogP) is 4.57. The summed E-state index contributed by atoms with van der Waals surface area (Å²) in [6, 6.07) is 12.2. The van der Waals surface area contributed by atoms with Gasteiger partial charge in [0.2, 0.25) is 0 Å². The Kier molecular flexibility index (Phi) is 7.55. The summed E-state index contributed by atoms with van der Waals surface area (Å²) in [5.74, 6) is -0.475. The van der Waals surface area contributed by atoms with Crippen LogP contribution < -0.4 is 20.7 Å². The van der Waals surface area contributed by atoms with Crippen LogP contribution in [0.5, 0.6) is 5.75 Å². The van der Waals surface area contributed by atoms with Crippen LogP contribution in [0.2, 0.25) is 0 Å². The number of amides is 3. The van der Waals surface area contributed by atoms with Gasteiger partial charge in [0.1, 0.15) is 11.3 Å². The third kappa shape index (κ3) is 6.24. The Morgan fingerprint density at radius 3 is 2.45 bits per heavy atom. The van der Waals surface area contributed by atoms with Gasteiger partial charge in [0.05, 0.1) is 36.6 Å². The Hall–Kier alpha value is -4.94. The van der Waals surface area contributed by atoms with Gasteiger partial charge >= 0.3 is 12.2 Å². The van der Waals surface area contributed by atoms with E-state index in [0.29, 0.717) is 22.6 Å². The minimum atomic E-state index is -4.78. The monoisotopic (exact) mass is 525 g/mol. The molecule has 0 spiro atoms. The lowest BCUT2D eigenvalue weighted by Gasteiger charge is -2.13. The van der Waals surface area contributed by atoms with Gasteiger partial charge in [-0.2, -0.15) is 18.3 Å². The van der Waals surface area contributed by atoms with Crippen molar-refractivity contribution in [1.29, 1.82) is 0 Å². The average Bonchev–Trinajstić information content (AvgIpc) is 3.36. The molecule has 10 nitrogen and oxygen atoms in total. The number of ether oxygens (including phenoxy) is 1. The number of rotatable bonds is 7. The number of urea groups is 1. The third-order valence-electron chi connectivity index (χ3n) is 5.25. The van der Waals surface area contributed by atoms with Crippen LogP contribution in [-0.4, -0.2) is 38.8 Å². The molecule has 0 fully saturated rings. The highest BCUT2D eigenvalue weighted by Crippen LogP contribution is 2.32. The minimum Gasteiger partial charge on any atom is -0.495 e. The number of hydrogen-bond acceptors (Lipinski definition) is 6. The van der Waals surface area contributed by atoms with Crippen LogP contribution >= 0.6 is 0 Å². The maximum atomic E-state index is 13.6. The summed E-state index contributed by atoms with van der Waals surface area (Å²) in [4.78, 5) is 33.1. The molecule has 0 radical (unpaired) electrons. The minimum absolute atomic E-state index is 0.115. The molecule has 0 aliphatic rings. The van der Waals surface area contributed by atoms with E-state index in [2.05, 4.69) is 31.0 Å². The van der Waals surface area contributed by atoms with E-state index < -0.39 is 29.4 Å². The summed E-state index contributed by atoms with van der Waals surface area (Å²) >= 11 is 0. The van der Waals surface area contributed by atoms with Crippen molar-refractivity contribution in [3.05, 3.63) is 89.6 Å². The first-order valence-electron chi connectivity index (χ1n) is 11.2. The van der Waals surface area contributed by atoms with E-state index in [1.807, 2.05) is 0 Å². The number of methoxy groups -OCH3 is 1. The van der Waals surface area contributed by atoms with Crippen LogP contribution in [0.25, 0.3) is 5.69 Å². The SMILES string of the molecule is COc1cc(CNC(=O)c2nn(-c3ccccc3)cc2C(F)(F)F)ccc1NC(=O)Nc1cnc(C)cn1. The van der Waals surface area contributed by atoms with Crippen LogP contribution in [0.1, 0.15) is 27.3 Å². The highest BCUT2D eigenvalue weighted by Gasteiger charge is 2.38. The number of nitrogens with one attached hydrogen (secondary N) is 3. The number of aromatic nitrogens is 4. The summed E-state index contributed by atoms with van der Waals surface area (Å²) in [5, 5.41) is 11.5. The number of para-hydroxylation sites is 1. The molecule has 2 aromatic heterocycles. The van der Waals surface area contributed by atoms with E-state index in [-0.39, 0.29) is 18.1 Å². The van der Waals surface area contributed by atoms with E-state index in [4.69, 9.17) is 4.74 Å². The number of aryl methyl sites for hydroxylation is 1. The molecule has 3 amide bonds. The van der Waals surface area contributed by atoms with Gasteiger partial charge in [0, 0.05) is 12.7 Å². The largest absolute Gasteiger partial charge is 0.495 e. The quantitative estimate of drug-likeness (QED) is 0.325. The zero-order valence-corrected chi connectivity index (χ0v) is 20.2. The van der Waals surface area contributed by atoms with Crippen molar-refractivity contribution in [3.8, 4) is 11.4 Å². The van der Waals surface area contributed by atoms with Crippen LogP contribution in [0.4, 0.5) is 29.5 Å². The lowest BCUT2D eigenvalue weighted by molar-refractivity contribution is -0.138. The molecule has 4 aromatic rings. The molecule has 196 valence electrons. The number of hydrogen-bond donors (Lipinski definition) is 3. The fourth-order valence-electron chi connectivity index (χ4n) is 3.40. The molecule has 0 bridgehead atoms. The fourth-order valence-corrected chi connectivity index (χ4v) is 3.40. The molecule has 0 aliphatic carbocycles. The summed E-state index contributed by atoms with van der Waals surface area (Å²) in [7, 11) is 1.39. The summed E-state index contributed by atoms with van der Waals surface area (Å²) in [6.45, 7) is 1.65. The second kappa shape index (κ2) is 11.0. The predicted molar refractivity (Wildman–Crippen MR) is 132 cm³/mol. The van der Waals surface area contributed by atoms with Gasteiger partial charge in [-0.15, -0.1) is 0 Å². The maximum absolute atomic E-state index is 13.6. The molecular formula is C25H22F3N7O3. The number of carbonyl (C=O) groups excluding carboxylic acids is 2. The Morgan fingerprint density at radius 2 is 1.79 bits per heavy atom. The Morgan fingerprint density at radius 1 is 1.03 bits per heavy atom. The van der Waals surface area contributed by atoms with Crippen LogP contribution in [0.15, 0.2) is 67.1 Å². The van der Waals surface area contributed by atoms with Crippen LogP contribution in [0.3, 0.4) is 0 Å². The molecule has 0 atom stereocenters. The second-order valence-corrected chi connectivity index (χ2v) is 8.01. The number of nitrogens with zero attached hydrogens (tertiary/aromatic N) is 4. The zero-order chi connectivity index (χ0) is 27.3. The van der Waals surface area contributed by atoms with E-state index >= 15 is 0 Å². The summed E-state index contributed by atoms with van der Waals surface area (Å²) in [5.41, 5.74) is 0.00767. The van der Waals surface area contributed by atoms with Gasteiger partial charge in [-0.25, -0.2) is 14.5 Å². The molecule has 2 aromatic carbocycles. The normalized spacial score (nSPS) is 11.1.